The summed E-state index contributed by atoms with van der Waals surface area (Å²) >= 11 is 0. The molecule has 1 rings (SSSR count). The Morgan fingerprint density at radius 3 is 3.00 bits per heavy atom. The first kappa shape index (κ1) is 10.5. The number of nitrogens with one attached hydrogen (secondary N) is 2. The molecule has 0 aliphatic carbocycles. The van der Waals surface area contributed by atoms with Gasteiger partial charge in [-0.2, -0.15) is 0 Å². The predicted molar refractivity (Wildman–Crippen MR) is 52.6 cm³/mol. The second kappa shape index (κ2) is 4.58. The molecule has 0 aromatic carbocycles. The monoisotopic (exact) mass is 185 g/mol. The maximum Gasteiger partial charge on any atom is 0.238 e. The molecule has 0 aromatic rings. The Kier molecular flexibility index (Phi) is 3.69. The molecular weight excluding hydrogens is 166 g/mol. The maximum atomic E-state index is 11.6. The van der Waals surface area contributed by atoms with Gasteiger partial charge in [-0.3, -0.25) is 9.69 Å². The van der Waals surface area contributed by atoms with Crippen LogP contribution < -0.4 is 10.6 Å². The molecule has 1 fully saturated rings. The molecule has 0 bridgehead atoms. The summed E-state index contributed by atoms with van der Waals surface area (Å²) in [6, 6.07) is 0.444. The van der Waals surface area contributed by atoms with Crippen molar-refractivity contribution in [1.29, 1.82) is 0 Å². The number of hydrogen-bond donors (Lipinski definition) is 2. The highest BCUT2D eigenvalue weighted by Gasteiger charge is 2.28. The van der Waals surface area contributed by atoms with Gasteiger partial charge in [-0.15, -0.1) is 0 Å². The fourth-order valence-electron chi connectivity index (χ4n) is 1.65. The normalized spacial score (nSPS) is 31.2. The molecule has 13 heavy (non-hydrogen) atoms. The van der Waals surface area contributed by atoms with Crippen molar-refractivity contribution in [1.82, 2.24) is 15.5 Å². The third-order valence-electron chi connectivity index (χ3n) is 2.75. The SMILES string of the molecule is CNCC1C(=O)NCCC(C)N1C. The van der Waals surface area contributed by atoms with Gasteiger partial charge in [0.25, 0.3) is 0 Å². The van der Waals surface area contributed by atoms with Gasteiger partial charge in [0.15, 0.2) is 0 Å². The zero-order chi connectivity index (χ0) is 9.84. The second-order valence-electron chi connectivity index (χ2n) is 3.67. The molecule has 4 heteroatoms. The third-order valence-corrected chi connectivity index (χ3v) is 2.75. The number of carbonyl (C=O) groups is 1. The molecule has 2 unspecified atom stereocenters. The number of amides is 1. The molecule has 0 spiro atoms. The van der Waals surface area contributed by atoms with Gasteiger partial charge in [-0.05, 0) is 27.4 Å². The van der Waals surface area contributed by atoms with Gasteiger partial charge >= 0.3 is 0 Å². The largest absolute Gasteiger partial charge is 0.355 e. The molecule has 1 saturated heterocycles. The van der Waals surface area contributed by atoms with Crippen LogP contribution in [-0.4, -0.2) is 50.1 Å². The standard InChI is InChI=1S/C9H19N3O/c1-7-4-5-11-9(13)8(6-10-2)12(7)3/h7-8,10H,4-6H2,1-3H3,(H,11,13). The van der Waals surface area contributed by atoms with Gasteiger partial charge in [0.1, 0.15) is 6.04 Å². The molecule has 0 saturated carbocycles. The molecule has 0 radical (unpaired) electrons. The summed E-state index contributed by atoms with van der Waals surface area (Å²) < 4.78 is 0. The first-order valence-corrected chi connectivity index (χ1v) is 4.81. The van der Waals surface area contributed by atoms with Crippen LogP contribution in [0.1, 0.15) is 13.3 Å². The van der Waals surface area contributed by atoms with E-state index < -0.39 is 0 Å². The van der Waals surface area contributed by atoms with Crippen molar-refractivity contribution in [3.63, 3.8) is 0 Å². The first-order chi connectivity index (χ1) is 6.16. The van der Waals surface area contributed by atoms with Gasteiger partial charge in [-0.1, -0.05) is 0 Å². The Balaban J connectivity index is 2.66. The fourth-order valence-corrected chi connectivity index (χ4v) is 1.65. The van der Waals surface area contributed by atoms with Gasteiger partial charge < -0.3 is 10.6 Å². The van der Waals surface area contributed by atoms with Crippen LogP contribution in [0.25, 0.3) is 0 Å². The molecular formula is C9H19N3O. The summed E-state index contributed by atoms with van der Waals surface area (Å²) in [5.74, 6) is 0.140. The number of hydrogen-bond acceptors (Lipinski definition) is 3. The summed E-state index contributed by atoms with van der Waals surface area (Å²) in [5, 5.41) is 5.96. The van der Waals surface area contributed by atoms with E-state index in [1.165, 1.54) is 0 Å². The highest BCUT2D eigenvalue weighted by atomic mass is 16.2. The Morgan fingerprint density at radius 1 is 1.69 bits per heavy atom. The van der Waals surface area contributed by atoms with Crippen molar-refractivity contribution in [2.45, 2.75) is 25.4 Å². The topological polar surface area (TPSA) is 44.4 Å². The van der Waals surface area contributed by atoms with E-state index in [-0.39, 0.29) is 11.9 Å². The minimum absolute atomic E-state index is 0.0255. The van der Waals surface area contributed by atoms with Crippen molar-refractivity contribution < 1.29 is 4.79 Å². The average molecular weight is 185 g/mol. The Morgan fingerprint density at radius 2 is 2.38 bits per heavy atom. The van der Waals surface area contributed by atoms with Gasteiger partial charge in [0.05, 0.1) is 0 Å². The number of likely N-dealkylation sites (N-methyl/N-ethyl adjacent to an activating group) is 2. The highest BCUT2D eigenvalue weighted by molar-refractivity contribution is 5.82. The summed E-state index contributed by atoms with van der Waals surface area (Å²) in [6.45, 7) is 3.67. The summed E-state index contributed by atoms with van der Waals surface area (Å²) in [4.78, 5) is 13.7. The van der Waals surface area contributed by atoms with E-state index in [1.54, 1.807) is 0 Å². The molecule has 1 aliphatic rings. The lowest BCUT2D eigenvalue weighted by Crippen LogP contribution is -2.49. The second-order valence-corrected chi connectivity index (χ2v) is 3.67. The summed E-state index contributed by atoms with van der Waals surface area (Å²) in [7, 11) is 3.88. The van der Waals surface area contributed by atoms with Crippen LogP contribution in [-0.2, 0) is 4.79 Å². The Hall–Kier alpha value is -0.610. The van der Waals surface area contributed by atoms with Crippen molar-refractivity contribution in [2.24, 2.45) is 0 Å². The lowest BCUT2D eigenvalue weighted by Gasteiger charge is -2.28. The minimum Gasteiger partial charge on any atom is -0.355 e. The molecule has 1 aliphatic heterocycles. The van der Waals surface area contributed by atoms with Gasteiger partial charge in [0, 0.05) is 19.1 Å². The van der Waals surface area contributed by atoms with Crippen LogP contribution in [0.3, 0.4) is 0 Å². The van der Waals surface area contributed by atoms with Crippen molar-refractivity contribution in [2.75, 3.05) is 27.2 Å². The van der Waals surface area contributed by atoms with Crippen LogP contribution in [0.5, 0.6) is 0 Å². The molecule has 2 N–H and O–H groups in total. The summed E-state index contributed by atoms with van der Waals surface area (Å²) in [5.41, 5.74) is 0. The number of nitrogens with zero attached hydrogens (tertiary/aromatic N) is 1. The Labute approximate surface area is 79.7 Å². The molecule has 4 nitrogen and oxygen atoms in total. The van der Waals surface area contributed by atoms with Crippen LogP contribution in [0, 0.1) is 0 Å². The van der Waals surface area contributed by atoms with E-state index >= 15 is 0 Å². The van der Waals surface area contributed by atoms with Crippen LogP contribution in [0.4, 0.5) is 0 Å². The lowest BCUT2D eigenvalue weighted by atomic mass is 10.2. The first-order valence-electron chi connectivity index (χ1n) is 4.81. The lowest BCUT2D eigenvalue weighted by molar-refractivity contribution is -0.125. The fraction of sp³-hybridized carbons (Fsp3) is 0.889. The number of rotatable bonds is 2. The number of carbonyl (C=O) groups excluding carboxylic acids is 1. The van der Waals surface area contributed by atoms with Crippen molar-refractivity contribution in [3.05, 3.63) is 0 Å². The van der Waals surface area contributed by atoms with Crippen LogP contribution in [0.15, 0.2) is 0 Å². The van der Waals surface area contributed by atoms with E-state index in [4.69, 9.17) is 0 Å². The summed E-state index contributed by atoms with van der Waals surface area (Å²) in [6.07, 6.45) is 1.03. The highest BCUT2D eigenvalue weighted by Crippen LogP contribution is 2.09. The van der Waals surface area contributed by atoms with E-state index in [1.807, 2.05) is 14.1 Å². The molecule has 0 aromatic heterocycles. The van der Waals surface area contributed by atoms with E-state index in [9.17, 15) is 4.79 Å². The molecule has 76 valence electrons. The van der Waals surface area contributed by atoms with Crippen molar-refractivity contribution in [3.8, 4) is 0 Å². The van der Waals surface area contributed by atoms with Crippen LogP contribution in [0.2, 0.25) is 0 Å². The van der Waals surface area contributed by atoms with Crippen molar-refractivity contribution >= 4 is 5.91 Å². The smallest absolute Gasteiger partial charge is 0.238 e. The van der Waals surface area contributed by atoms with Gasteiger partial charge in [0.2, 0.25) is 5.91 Å². The minimum atomic E-state index is -0.0255. The molecule has 2 atom stereocenters. The molecule has 1 amide bonds. The van der Waals surface area contributed by atoms with E-state index in [2.05, 4.69) is 22.5 Å². The molecule has 1 heterocycles. The zero-order valence-electron chi connectivity index (χ0n) is 8.63. The quantitative estimate of drug-likeness (QED) is 0.604. The van der Waals surface area contributed by atoms with Gasteiger partial charge in [-0.25, -0.2) is 0 Å². The van der Waals surface area contributed by atoms with E-state index in [0.717, 1.165) is 13.0 Å². The average Bonchev–Trinajstić information content (AvgIpc) is 2.21. The Bertz CT molecular complexity index is 184. The van der Waals surface area contributed by atoms with Crippen LogP contribution >= 0.6 is 0 Å². The zero-order valence-corrected chi connectivity index (χ0v) is 8.63. The van der Waals surface area contributed by atoms with E-state index in [0.29, 0.717) is 12.6 Å². The third kappa shape index (κ3) is 2.42. The maximum absolute atomic E-state index is 11.6. The predicted octanol–water partition coefficient (Wildman–Crippen LogP) is -0.585.